The molecule has 144 valence electrons. The number of aliphatic hydroxyl groups is 1. The van der Waals surface area contributed by atoms with Gasteiger partial charge in [0.2, 0.25) is 0 Å². The lowest BCUT2D eigenvalue weighted by Gasteiger charge is -2.42. The van der Waals surface area contributed by atoms with Crippen LogP contribution in [0.25, 0.3) is 0 Å². The standard InChI is InChI=1S/C21H33N3O2/c1-15-7-10-23(11-8-15)20(26)16-5-6-19(22-13-16)24-12-9-17(18(25)14-24)21(2,3)4/h5-6,13,15,17-18,25H,7-12,14H2,1-4H3. The molecule has 2 unspecified atom stereocenters. The summed E-state index contributed by atoms with van der Waals surface area (Å²) in [6.45, 7) is 12.0. The summed E-state index contributed by atoms with van der Waals surface area (Å²) in [6, 6.07) is 3.80. The van der Waals surface area contributed by atoms with Gasteiger partial charge in [-0.25, -0.2) is 4.98 Å². The molecule has 1 N–H and O–H groups in total. The van der Waals surface area contributed by atoms with Gasteiger partial charge in [-0.05, 0) is 48.6 Å². The number of rotatable bonds is 2. The number of hydrogen-bond acceptors (Lipinski definition) is 4. The zero-order chi connectivity index (χ0) is 18.9. The zero-order valence-electron chi connectivity index (χ0n) is 16.6. The molecule has 0 spiro atoms. The highest BCUT2D eigenvalue weighted by Crippen LogP contribution is 2.35. The number of piperidine rings is 2. The van der Waals surface area contributed by atoms with E-state index >= 15 is 0 Å². The van der Waals surface area contributed by atoms with Crippen molar-refractivity contribution in [1.82, 2.24) is 9.88 Å². The highest BCUT2D eigenvalue weighted by atomic mass is 16.3. The van der Waals surface area contributed by atoms with E-state index in [-0.39, 0.29) is 17.4 Å². The van der Waals surface area contributed by atoms with Crippen molar-refractivity contribution in [3.63, 3.8) is 0 Å². The summed E-state index contributed by atoms with van der Waals surface area (Å²) in [4.78, 5) is 21.2. The molecule has 3 heterocycles. The van der Waals surface area contributed by atoms with Gasteiger partial charge < -0.3 is 14.9 Å². The molecule has 5 heteroatoms. The minimum absolute atomic E-state index is 0.0856. The molecule has 0 aliphatic carbocycles. The van der Waals surface area contributed by atoms with Crippen LogP contribution in [0, 0.1) is 17.3 Å². The number of anilines is 1. The Morgan fingerprint density at radius 2 is 1.85 bits per heavy atom. The van der Waals surface area contributed by atoms with Crippen LogP contribution in [0.3, 0.4) is 0 Å². The van der Waals surface area contributed by atoms with Crippen molar-refractivity contribution in [3.05, 3.63) is 23.9 Å². The Balaban J connectivity index is 1.62. The Morgan fingerprint density at radius 3 is 2.38 bits per heavy atom. The summed E-state index contributed by atoms with van der Waals surface area (Å²) in [6.07, 6.45) is 4.47. The van der Waals surface area contributed by atoms with Crippen LogP contribution in [0.5, 0.6) is 0 Å². The smallest absolute Gasteiger partial charge is 0.255 e. The molecule has 5 nitrogen and oxygen atoms in total. The molecule has 0 radical (unpaired) electrons. The predicted octanol–water partition coefficient (Wildman–Crippen LogP) is 3.19. The molecule has 3 rings (SSSR count). The number of carbonyl (C=O) groups excluding carboxylic acids is 1. The van der Waals surface area contributed by atoms with Gasteiger partial charge >= 0.3 is 0 Å². The number of hydrogen-bond donors (Lipinski definition) is 1. The summed E-state index contributed by atoms with van der Waals surface area (Å²) >= 11 is 0. The lowest BCUT2D eigenvalue weighted by molar-refractivity contribution is 0.0291. The van der Waals surface area contributed by atoms with E-state index in [4.69, 9.17) is 0 Å². The maximum Gasteiger partial charge on any atom is 0.255 e. The number of aromatic nitrogens is 1. The van der Waals surface area contributed by atoms with E-state index in [1.807, 2.05) is 17.0 Å². The molecule has 1 aromatic heterocycles. The van der Waals surface area contributed by atoms with Crippen molar-refractivity contribution in [1.29, 1.82) is 0 Å². The summed E-state index contributed by atoms with van der Waals surface area (Å²) in [7, 11) is 0. The number of carbonyl (C=O) groups is 1. The number of nitrogens with zero attached hydrogens (tertiary/aromatic N) is 3. The van der Waals surface area contributed by atoms with E-state index in [0.29, 0.717) is 23.9 Å². The van der Waals surface area contributed by atoms with Gasteiger partial charge in [-0.1, -0.05) is 27.7 Å². The molecular weight excluding hydrogens is 326 g/mol. The Kier molecular flexibility index (Phi) is 5.56. The van der Waals surface area contributed by atoms with E-state index in [1.54, 1.807) is 6.20 Å². The normalized spacial score (nSPS) is 25.4. The molecule has 26 heavy (non-hydrogen) atoms. The Morgan fingerprint density at radius 1 is 1.15 bits per heavy atom. The number of β-amino-alcohol motifs (C(OH)–C–C–N with tert-alkyl or cyclic N) is 1. The fourth-order valence-electron chi connectivity index (χ4n) is 4.24. The van der Waals surface area contributed by atoms with E-state index < -0.39 is 0 Å². The van der Waals surface area contributed by atoms with Gasteiger partial charge in [0.15, 0.2) is 0 Å². The minimum atomic E-state index is -0.345. The first-order valence-electron chi connectivity index (χ1n) is 9.94. The van der Waals surface area contributed by atoms with Gasteiger partial charge in [0.1, 0.15) is 5.82 Å². The predicted molar refractivity (Wildman–Crippen MR) is 104 cm³/mol. The average Bonchev–Trinajstić information content (AvgIpc) is 2.61. The topological polar surface area (TPSA) is 56.7 Å². The second-order valence-electron chi connectivity index (χ2n) is 9.15. The molecule has 0 bridgehead atoms. The second-order valence-corrected chi connectivity index (χ2v) is 9.15. The lowest BCUT2D eigenvalue weighted by Crippen LogP contribution is -2.48. The first kappa shape index (κ1) is 19.2. The van der Waals surface area contributed by atoms with Crippen LogP contribution in [0.2, 0.25) is 0 Å². The first-order valence-corrected chi connectivity index (χ1v) is 9.94. The quantitative estimate of drug-likeness (QED) is 0.881. The molecule has 0 saturated carbocycles. The van der Waals surface area contributed by atoms with E-state index in [2.05, 4.69) is 37.6 Å². The molecule has 2 aliphatic heterocycles. The third-order valence-electron chi connectivity index (χ3n) is 6.08. The molecule has 1 amide bonds. The molecule has 2 aliphatic rings. The number of aliphatic hydroxyl groups excluding tert-OH is 1. The van der Waals surface area contributed by atoms with E-state index in [9.17, 15) is 9.90 Å². The van der Waals surface area contributed by atoms with Crippen molar-refractivity contribution in [2.45, 2.75) is 53.1 Å². The van der Waals surface area contributed by atoms with Crippen LogP contribution in [-0.4, -0.2) is 53.2 Å². The highest BCUT2D eigenvalue weighted by molar-refractivity contribution is 5.94. The van der Waals surface area contributed by atoms with E-state index in [0.717, 1.165) is 44.7 Å². The third-order valence-corrected chi connectivity index (χ3v) is 6.08. The van der Waals surface area contributed by atoms with Crippen LogP contribution < -0.4 is 4.90 Å². The Hall–Kier alpha value is -1.62. The monoisotopic (exact) mass is 359 g/mol. The summed E-state index contributed by atoms with van der Waals surface area (Å²) in [5.41, 5.74) is 0.773. The van der Waals surface area contributed by atoms with Gasteiger partial charge in [0, 0.05) is 32.4 Å². The van der Waals surface area contributed by atoms with Gasteiger partial charge in [-0.15, -0.1) is 0 Å². The van der Waals surface area contributed by atoms with Crippen molar-refractivity contribution >= 4 is 11.7 Å². The van der Waals surface area contributed by atoms with Crippen LogP contribution >= 0.6 is 0 Å². The van der Waals surface area contributed by atoms with Gasteiger partial charge in [-0.3, -0.25) is 4.79 Å². The van der Waals surface area contributed by atoms with E-state index in [1.165, 1.54) is 0 Å². The average molecular weight is 360 g/mol. The molecule has 2 saturated heterocycles. The Labute approximate surface area is 157 Å². The van der Waals surface area contributed by atoms with Crippen molar-refractivity contribution in [3.8, 4) is 0 Å². The molecular formula is C21H33N3O2. The summed E-state index contributed by atoms with van der Waals surface area (Å²) < 4.78 is 0. The maximum absolute atomic E-state index is 12.6. The number of likely N-dealkylation sites (tertiary alicyclic amines) is 1. The van der Waals surface area contributed by atoms with Crippen molar-refractivity contribution < 1.29 is 9.90 Å². The Bertz CT molecular complexity index is 615. The van der Waals surface area contributed by atoms with Gasteiger partial charge in [0.05, 0.1) is 11.7 Å². The zero-order valence-corrected chi connectivity index (χ0v) is 16.6. The van der Waals surface area contributed by atoms with Gasteiger partial charge in [-0.2, -0.15) is 0 Å². The molecule has 2 atom stereocenters. The fraction of sp³-hybridized carbons (Fsp3) is 0.714. The van der Waals surface area contributed by atoms with Crippen LogP contribution in [0.4, 0.5) is 5.82 Å². The van der Waals surface area contributed by atoms with Crippen LogP contribution in [0.15, 0.2) is 18.3 Å². The number of pyridine rings is 1. The minimum Gasteiger partial charge on any atom is -0.391 e. The lowest BCUT2D eigenvalue weighted by atomic mass is 9.74. The highest BCUT2D eigenvalue weighted by Gasteiger charge is 2.36. The SMILES string of the molecule is CC1CCN(C(=O)c2ccc(N3CCC(C(C)(C)C)C(O)C3)nc2)CC1. The third kappa shape index (κ3) is 4.20. The fourth-order valence-corrected chi connectivity index (χ4v) is 4.24. The largest absolute Gasteiger partial charge is 0.391 e. The molecule has 2 fully saturated rings. The van der Waals surface area contributed by atoms with Gasteiger partial charge in [0.25, 0.3) is 5.91 Å². The van der Waals surface area contributed by atoms with Crippen molar-refractivity contribution in [2.24, 2.45) is 17.3 Å². The van der Waals surface area contributed by atoms with Crippen LogP contribution in [0.1, 0.15) is 57.3 Å². The van der Waals surface area contributed by atoms with Crippen LogP contribution in [-0.2, 0) is 0 Å². The van der Waals surface area contributed by atoms with Crippen molar-refractivity contribution in [2.75, 3.05) is 31.1 Å². The second kappa shape index (κ2) is 7.55. The first-order chi connectivity index (χ1) is 12.3. The molecule has 0 aromatic carbocycles. The maximum atomic E-state index is 12.6. The number of amides is 1. The summed E-state index contributed by atoms with van der Waals surface area (Å²) in [5.74, 6) is 1.95. The summed E-state index contributed by atoms with van der Waals surface area (Å²) in [5, 5.41) is 10.5. The molecule has 1 aromatic rings.